The Morgan fingerprint density at radius 1 is 0.435 bits per heavy atom. The number of carbonyl (C=O) groups excluding carboxylic acids is 1. The van der Waals surface area contributed by atoms with Gasteiger partial charge >= 0.3 is 0 Å². The highest BCUT2D eigenvalue weighted by molar-refractivity contribution is 7.24. The first-order valence-corrected chi connectivity index (χ1v) is 17.7. The van der Waals surface area contributed by atoms with Crippen molar-refractivity contribution in [2.24, 2.45) is 0 Å². The maximum absolute atomic E-state index is 14.2. The molecule has 2 aliphatic rings. The number of carbonyl (C=O) groups is 1. The van der Waals surface area contributed by atoms with E-state index in [9.17, 15) is 4.79 Å². The number of hydrogen-bond acceptors (Lipinski definition) is 2. The van der Waals surface area contributed by atoms with Crippen molar-refractivity contribution in [3.8, 4) is 33.4 Å². The van der Waals surface area contributed by atoms with Crippen molar-refractivity contribution >= 4 is 56.5 Å². The lowest BCUT2D eigenvalue weighted by Gasteiger charge is -2.28. The van der Waals surface area contributed by atoms with Gasteiger partial charge in [-0.15, -0.1) is 0 Å². The minimum Gasteiger partial charge on any atom is -0.455 e. The molecule has 2 aliphatic heterocycles. The van der Waals surface area contributed by atoms with Crippen molar-refractivity contribution in [1.82, 2.24) is 0 Å². The van der Waals surface area contributed by atoms with Crippen LogP contribution in [0.1, 0.15) is 15.9 Å². The number of furan rings is 1. The topological polar surface area (TPSA) is 30.2 Å². The van der Waals surface area contributed by atoms with Crippen molar-refractivity contribution in [2.45, 2.75) is 0 Å². The predicted octanol–water partition coefficient (Wildman–Crippen LogP) is 7.82. The van der Waals surface area contributed by atoms with E-state index in [2.05, 4.69) is 109 Å². The van der Waals surface area contributed by atoms with Crippen LogP contribution >= 0.6 is 0 Å². The Morgan fingerprint density at radius 2 is 0.957 bits per heavy atom. The third-order valence-corrected chi connectivity index (χ3v) is 15.1. The van der Waals surface area contributed by atoms with Gasteiger partial charge < -0.3 is 4.42 Å². The third kappa shape index (κ3) is 3.27. The fourth-order valence-electron chi connectivity index (χ4n) is 8.18. The number of hydrogen-bond donors (Lipinski definition) is 0. The molecule has 7 aromatic carbocycles. The molecule has 0 bridgehead atoms. The van der Waals surface area contributed by atoms with Crippen LogP contribution in [0.25, 0.3) is 55.3 Å². The van der Waals surface area contributed by atoms with E-state index in [0.717, 1.165) is 38.6 Å². The Bertz CT molecular complexity index is 2490. The second-order valence-electron chi connectivity index (χ2n) is 12.3. The van der Waals surface area contributed by atoms with E-state index in [4.69, 9.17) is 4.42 Å². The summed E-state index contributed by atoms with van der Waals surface area (Å²) in [6.07, 6.45) is 0. The fourth-order valence-corrected chi connectivity index (χ4v) is 13.8. The Labute approximate surface area is 267 Å². The minimum absolute atomic E-state index is 0.0379. The molecule has 10 rings (SSSR count). The van der Waals surface area contributed by atoms with Crippen LogP contribution in [-0.2, 0) is 0 Å². The van der Waals surface area contributed by atoms with Crippen molar-refractivity contribution < 1.29 is 9.21 Å². The zero-order chi connectivity index (χ0) is 30.4. The van der Waals surface area contributed by atoms with Gasteiger partial charge in [-0.1, -0.05) is 152 Å². The zero-order valence-electron chi connectivity index (χ0n) is 24.8. The van der Waals surface area contributed by atoms with Crippen LogP contribution in [0.15, 0.2) is 162 Å². The zero-order valence-corrected chi connectivity index (χ0v) is 25.8. The van der Waals surface area contributed by atoms with Gasteiger partial charge in [0.05, 0.1) is 0 Å². The molecule has 46 heavy (non-hydrogen) atoms. The van der Waals surface area contributed by atoms with Gasteiger partial charge in [-0.25, -0.2) is 0 Å². The van der Waals surface area contributed by atoms with Crippen LogP contribution in [0.4, 0.5) is 0 Å². The highest BCUT2D eigenvalue weighted by atomic mass is 28.3. The first-order valence-electron chi connectivity index (χ1n) is 15.7. The SMILES string of the molecule is O=C(c1ccc(-c2cccc3c2oc2ccccc23)cc1)c1ccc2c(c1)[Si]1(c3ccccc3-c3ccccc31)c1ccccc1-2. The number of ketones is 1. The molecule has 0 unspecified atom stereocenters. The largest absolute Gasteiger partial charge is 0.455 e. The molecule has 3 heterocycles. The highest BCUT2D eigenvalue weighted by Gasteiger charge is 2.53. The molecule has 8 aromatic rings. The van der Waals surface area contributed by atoms with Gasteiger partial charge in [-0.2, -0.15) is 0 Å². The molecule has 2 nitrogen and oxygen atoms in total. The molecule has 3 heteroatoms. The molecule has 0 atom stereocenters. The summed E-state index contributed by atoms with van der Waals surface area (Å²) in [5, 5.41) is 7.76. The number of benzene rings is 7. The first-order chi connectivity index (χ1) is 22.7. The lowest BCUT2D eigenvalue weighted by atomic mass is 9.97. The molecule has 214 valence electrons. The summed E-state index contributed by atoms with van der Waals surface area (Å²) in [5.41, 5.74) is 10.4. The standard InChI is InChI=1S/C43H26O2Si/c44-42(28-22-20-27(21-23-28)30-14-9-15-36-31-10-1-5-16-37(31)45-43(30)36)29-24-25-35-34-13-4-8-19-40(34)46(41(35)26-29)38-17-6-2-11-32(38)33-12-3-7-18-39(33)46/h1-26H. The van der Waals surface area contributed by atoms with Crippen LogP contribution in [0.2, 0.25) is 0 Å². The highest BCUT2D eigenvalue weighted by Crippen LogP contribution is 2.37. The normalized spacial score (nSPS) is 13.5. The van der Waals surface area contributed by atoms with Gasteiger partial charge in [0.25, 0.3) is 0 Å². The van der Waals surface area contributed by atoms with Crippen LogP contribution in [0.5, 0.6) is 0 Å². The molecular formula is C43H26O2Si. The second kappa shape index (κ2) is 9.37. The summed E-state index contributed by atoms with van der Waals surface area (Å²) in [4.78, 5) is 14.2. The van der Waals surface area contributed by atoms with E-state index < -0.39 is 8.07 Å². The van der Waals surface area contributed by atoms with E-state index in [-0.39, 0.29) is 5.78 Å². The van der Waals surface area contributed by atoms with Crippen LogP contribution < -0.4 is 20.7 Å². The Hall–Kier alpha value is -5.77. The van der Waals surface area contributed by atoms with Gasteiger partial charge in [0.2, 0.25) is 0 Å². The average molecular weight is 603 g/mol. The van der Waals surface area contributed by atoms with Crippen LogP contribution in [-0.4, -0.2) is 13.9 Å². The van der Waals surface area contributed by atoms with Crippen LogP contribution in [0.3, 0.4) is 0 Å². The summed E-state index contributed by atoms with van der Waals surface area (Å²) in [5.74, 6) is 0.0379. The average Bonchev–Trinajstić information content (AvgIpc) is 3.75. The molecule has 0 radical (unpaired) electrons. The van der Waals surface area contributed by atoms with Gasteiger partial charge in [0.15, 0.2) is 13.9 Å². The van der Waals surface area contributed by atoms with Crippen molar-refractivity contribution in [3.63, 3.8) is 0 Å². The van der Waals surface area contributed by atoms with E-state index in [0.29, 0.717) is 5.56 Å². The number of fused-ring (bicyclic) bond motifs is 13. The lowest BCUT2D eigenvalue weighted by Crippen LogP contribution is -2.70. The monoisotopic (exact) mass is 602 g/mol. The second-order valence-corrected chi connectivity index (χ2v) is 16.0. The molecular weight excluding hydrogens is 577 g/mol. The van der Waals surface area contributed by atoms with Gasteiger partial charge in [-0.3, -0.25) is 4.79 Å². The predicted molar refractivity (Wildman–Crippen MR) is 191 cm³/mol. The summed E-state index contributed by atoms with van der Waals surface area (Å²) in [7, 11) is -2.59. The Morgan fingerprint density at radius 3 is 1.63 bits per heavy atom. The van der Waals surface area contributed by atoms with E-state index >= 15 is 0 Å². The molecule has 0 amide bonds. The van der Waals surface area contributed by atoms with Crippen molar-refractivity contribution in [1.29, 1.82) is 0 Å². The summed E-state index contributed by atoms with van der Waals surface area (Å²) >= 11 is 0. The Kier molecular flexibility index (Phi) is 5.20. The molecule has 0 aliphatic carbocycles. The molecule has 0 saturated heterocycles. The molecule has 0 saturated carbocycles. The van der Waals surface area contributed by atoms with Crippen molar-refractivity contribution in [2.75, 3.05) is 0 Å². The maximum atomic E-state index is 14.2. The Balaban J connectivity index is 1.10. The molecule has 1 spiro atoms. The van der Waals surface area contributed by atoms with E-state index in [1.165, 1.54) is 43.0 Å². The van der Waals surface area contributed by atoms with Gasteiger partial charge in [0, 0.05) is 27.5 Å². The van der Waals surface area contributed by atoms with E-state index in [1.807, 2.05) is 48.5 Å². The molecule has 0 N–H and O–H groups in total. The molecule has 1 aromatic heterocycles. The van der Waals surface area contributed by atoms with Gasteiger partial charge in [-0.05, 0) is 54.6 Å². The minimum atomic E-state index is -2.59. The van der Waals surface area contributed by atoms with Crippen molar-refractivity contribution in [3.05, 3.63) is 169 Å². The molecule has 0 fully saturated rings. The fraction of sp³-hybridized carbons (Fsp3) is 0. The first kappa shape index (κ1) is 25.5. The summed E-state index contributed by atoms with van der Waals surface area (Å²) in [6, 6.07) is 55.5. The third-order valence-electron chi connectivity index (χ3n) is 10.1. The maximum Gasteiger partial charge on any atom is 0.193 e. The van der Waals surface area contributed by atoms with E-state index in [1.54, 1.807) is 0 Å². The number of para-hydroxylation sites is 2. The summed E-state index contributed by atoms with van der Waals surface area (Å²) in [6.45, 7) is 0. The number of rotatable bonds is 3. The smallest absolute Gasteiger partial charge is 0.193 e. The lowest BCUT2D eigenvalue weighted by molar-refractivity contribution is 0.103. The van der Waals surface area contributed by atoms with Crippen LogP contribution in [0, 0.1) is 0 Å². The van der Waals surface area contributed by atoms with Gasteiger partial charge in [0.1, 0.15) is 11.2 Å². The quantitative estimate of drug-likeness (QED) is 0.152. The summed E-state index contributed by atoms with van der Waals surface area (Å²) < 4.78 is 6.29.